The fourth-order valence-electron chi connectivity index (χ4n) is 1.88. The molecule has 0 saturated carbocycles. The number of pyridine rings is 1. The molecule has 0 bridgehead atoms. The number of amides is 1. The van der Waals surface area contributed by atoms with E-state index in [1.165, 1.54) is 31.5 Å². The van der Waals surface area contributed by atoms with Crippen LogP contribution in [0.5, 0.6) is 5.75 Å². The van der Waals surface area contributed by atoms with Crippen LogP contribution in [0.4, 0.5) is 15.8 Å². The number of nitrogens with one attached hydrogen (secondary N) is 2. The van der Waals surface area contributed by atoms with E-state index < -0.39 is 5.82 Å². The highest BCUT2D eigenvalue weighted by Gasteiger charge is 2.13. The van der Waals surface area contributed by atoms with Crippen LogP contribution >= 0.6 is 0 Å². The average molecular weight is 289 g/mol. The first-order chi connectivity index (χ1) is 10.0. The number of carbonyl (C=O) groups excluding carboxylic acids is 1. The predicted octanol–water partition coefficient (Wildman–Crippen LogP) is 2.83. The lowest BCUT2D eigenvalue weighted by molar-refractivity contribution is 0.102. The van der Waals surface area contributed by atoms with Crippen LogP contribution in [0.2, 0.25) is 0 Å². The van der Waals surface area contributed by atoms with Crippen molar-refractivity contribution in [3.8, 4) is 5.75 Å². The lowest BCUT2D eigenvalue weighted by atomic mass is 10.2. The molecule has 0 spiro atoms. The highest BCUT2D eigenvalue weighted by atomic mass is 19.1. The van der Waals surface area contributed by atoms with Gasteiger partial charge in [-0.1, -0.05) is 0 Å². The molecule has 110 valence electrons. The van der Waals surface area contributed by atoms with Gasteiger partial charge in [0, 0.05) is 30.7 Å². The number of halogens is 1. The maximum atomic E-state index is 13.3. The molecule has 2 N–H and O–H groups in total. The van der Waals surface area contributed by atoms with Crippen LogP contribution in [0.1, 0.15) is 16.1 Å². The average Bonchev–Trinajstić information content (AvgIpc) is 2.48. The number of rotatable bonds is 4. The number of aryl methyl sites for hydroxylation is 1. The molecule has 1 aromatic carbocycles. The number of aromatic nitrogens is 1. The van der Waals surface area contributed by atoms with Gasteiger partial charge in [0.25, 0.3) is 5.91 Å². The number of ether oxygens (including phenoxy) is 1. The first-order valence-electron chi connectivity index (χ1n) is 6.34. The summed E-state index contributed by atoms with van der Waals surface area (Å²) in [6.45, 7) is 1.84. The number of benzene rings is 1. The minimum atomic E-state index is -0.483. The molecule has 0 aliphatic rings. The van der Waals surface area contributed by atoms with Gasteiger partial charge in [0.15, 0.2) is 11.6 Å². The van der Waals surface area contributed by atoms with Crippen molar-refractivity contribution < 1.29 is 13.9 Å². The Bertz CT molecular complexity index is 674. The Morgan fingerprint density at radius 1 is 1.33 bits per heavy atom. The molecule has 6 heteroatoms. The van der Waals surface area contributed by atoms with Crippen molar-refractivity contribution >= 4 is 17.3 Å². The molecule has 2 rings (SSSR count). The van der Waals surface area contributed by atoms with Crippen molar-refractivity contribution in [1.29, 1.82) is 0 Å². The summed E-state index contributed by atoms with van der Waals surface area (Å²) in [6, 6.07) is 5.91. The largest absolute Gasteiger partial charge is 0.494 e. The molecule has 2 aromatic rings. The van der Waals surface area contributed by atoms with Crippen LogP contribution in [-0.4, -0.2) is 25.0 Å². The maximum absolute atomic E-state index is 13.3. The number of carbonyl (C=O) groups is 1. The molecule has 0 unspecified atom stereocenters. The summed E-state index contributed by atoms with van der Waals surface area (Å²) in [5.41, 5.74) is 2.33. The fourth-order valence-corrected chi connectivity index (χ4v) is 1.88. The van der Waals surface area contributed by atoms with E-state index in [0.29, 0.717) is 16.9 Å². The number of hydrogen-bond acceptors (Lipinski definition) is 4. The van der Waals surface area contributed by atoms with Crippen LogP contribution in [0.3, 0.4) is 0 Å². The van der Waals surface area contributed by atoms with Gasteiger partial charge in [-0.3, -0.25) is 9.78 Å². The summed E-state index contributed by atoms with van der Waals surface area (Å²) in [4.78, 5) is 16.4. The summed E-state index contributed by atoms with van der Waals surface area (Å²) >= 11 is 0. The van der Waals surface area contributed by atoms with Crippen molar-refractivity contribution in [1.82, 2.24) is 4.98 Å². The quantitative estimate of drug-likeness (QED) is 0.908. The van der Waals surface area contributed by atoms with Crippen molar-refractivity contribution in [2.24, 2.45) is 0 Å². The minimum absolute atomic E-state index is 0.0728. The maximum Gasteiger partial charge on any atom is 0.259 e. The van der Waals surface area contributed by atoms with Gasteiger partial charge in [0.2, 0.25) is 0 Å². The first kappa shape index (κ1) is 14.8. The van der Waals surface area contributed by atoms with Crippen molar-refractivity contribution in [2.75, 3.05) is 24.8 Å². The second kappa shape index (κ2) is 6.21. The molecular formula is C15H16FN3O2. The summed E-state index contributed by atoms with van der Waals surface area (Å²) in [5, 5.41) is 5.64. The Labute approximate surface area is 122 Å². The molecular weight excluding hydrogens is 273 g/mol. The summed E-state index contributed by atoms with van der Waals surface area (Å²) in [6.07, 6.45) is 1.50. The first-order valence-corrected chi connectivity index (χ1v) is 6.34. The molecule has 0 fully saturated rings. The fraction of sp³-hybridized carbons (Fsp3) is 0.200. The zero-order chi connectivity index (χ0) is 15.4. The molecule has 21 heavy (non-hydrogen) atoms. The molecule has 0 aliphatic carbocycles. The summed E-state index contributed by atoms with van der Waals surface area (Å²) in [7, 11) is 3.10. The number of nitrogens with zero attached hydrogens (tertiary/aromatic N) is 1. The van der Waals surface area contributed by atoms with Crippen LogP contribution in [0, 0.1) is 12.7 Å². The molecule has 1 aromatic heterocycles. The number of methoxy groups -OCH3 is 1. The smallest absolute Gasteiger partial charge is 0.259 e. The minimum Gasteiger partial charge on any atom is -0.494 e. The third-order valence-corrected chi connectivity index (χ3v) is 2.96. The van der Waals surface area contributed by atoms with E-state index in [9.17, 15) is 9.18 Å². The second-order valence-corrected chi connectivity index (χ2v) is 4.42. The normalized spacial score (nSPS) is 10.1. The van der Waals surface area contributed by atoms with Crippen molar-refractivity contribution in [3.05, 3.63) is 47.5 Å². The summed E-state index contributed by atoms with van der Waals surface area (Å²) in [5.74, 6) is -0.743. The molecule has 0 aliphatic heterocycles. The van der Waals surface area contributed by atoms with Gasteiger partial charge in [0.1, 0.15) is 0 Å². The second-order valence-electron chi connectivity index (χ2n) is 4.42. The van der Waals surface area contributed by atoms with E-state index in [1.807, 2.05) is 6.92 Å². The Kier molecular flexibility index (Phi) is 4.37. The number of hydrogen-bond donors (Lipinski definition) is 2. The van der Waals surface area contributed by atoms with E-state index in [4.69, 9.17) is 4.74 Å². The van der Waals surface area contributed by atoms with Crippen LogP contribution in [0.25, 0.3) is 0 Å². The van der Waals surface area contributed by atoms with Gasteiger partial charge in [-0.25, -0.2) is 4.39 Å². The molecule has 0 radical (unpaired) electrons. The van der Waals surface area contributed by atoms with Gasteiger partial charge < -0.3 is 15.4 Å². The Hall–Kier alpha value is -2.63. The standard InChI is InChI=1S/C15H16FN3O2/c1-9-6-13(17-2)11(8-18-9)15(20)19-10-4-5-12(16)14(7-10)21-3/h4-8H,1-3H3,(H,17,18)(H,19,20). The third-order valence-electron chi connectivity index (χ3n) is 2.96. The van der Waals surface area contributed by atoms with Gasteiger partial charge in [-0.05, 0) is 25.1 Å². The Morgan fingerprint density at radius 2 is 2.10 bits per heavy atom. The zero-order valence-corrected chi connectivity index (χ0v) is 12.0. The Morgan fingerprint density at radius 3 is 2.76 bits per heavy atom. The van der Waals surface area contributed by atoms with Gasteiger partial charge >= 0.3 is 0 Å². The SMILES string of the molecule is CNc1cc(C)ncc1C(=O)Nc1ccc(F)c(OC)c1. The Balaban J connectivity index is 2.26. The molecule has 1 amide bonds. The monoisotopic (exact) mass is 289 g/mol. The van der Waals surface area contributed by atoms with E-state index >= 15 is 0 Å². The van der Waals surface area contributed by atoms with E-state index in [2.05, 4.69) is 15.6 Å². The lowest BCUT2D eigenvalue weighted by Crippen LogP contribution is -2.14. The molecule has 1 heterocycles. The van der Waals surface area contributed by atoms with Crippen LogP contribution < -0.4 is 15.4 Å². The van der Waals surface area contributed by atoms with E-state index in [-0.39, 0.29) is 11.7 Å². The van der Waals surface area contributed by atoms with Gasteiger partial charge in [0.05, 0.1) is 18.4 Å². The summed E-state index contributed by atoms with van der Waals surface area (Å²) < 4.78 is 18.2. The van der Waals surface area contributed by atoms with Crippen molar-refractivity contribution in [2.45, 2.75) is 6.92 Å². The van der Waals surface area contributed by atoms with Crippen molar-refractivity contribution in [3.63, 3.8) is 0 Å². The van der Waals surface area contributed by atoms with E-state index in [0.717, 1.165) is 5.69 Å². The lowest BCUT2D eigenvalue weighted by Gasteiger charge is -2.11. The van der Waals surface area contributed by atoms with Crippen LogP contribution in [0.15, 0.2) is 30.5 Å². The molecule has 0 atom stereocenters. The topological polar surface area (TPSA) is 63.2 Å². The van der Waals surface area contributed by atoms with Gasteiger partial charge in [-0.2, -0.15) is 0 Å². The zero-order valence-electron chi connectivity index (χ0n) is 12.0. The third kappa shape index (κ3) is 3.28. The van der Waals surface area contributed by atoms with E-state index in [1.54, 1.807) is 13.1 Å². The molecule has 0 saturated heterocycles. The molecule has 5 nitrogen and oxygen atoms in total. The predicted molar refractivity (Wildman–Crippen MR) is 79.4 cm³/mol. The van der Waals surface area contributed by atoms with Gasteiger partial charge in [-0.15, -0.1) is 0 Å². The van der Waals surface area contributed by atoms with Crippen LogP contribution in [-0.2, 0) is 0 Å². The highest BCUT2D eigenvalue weighted by Crippen LogP contribution is 2.23. The highest BCUT2D eigenvalue weighted by molar-refractivity contribution is 6.07. The number of anilines is 2.